The molecule has 3 rings (SSSR count). The fraction of sp³-hybridized carbons (Fsp3) is 0.130. The van der Waals surface area contributed by atoms with Gasteiger partial charge in [0.1, 0.15) is 11.5 Å². The number of phenolic OH excluding ortho intramolecular Hbond substituents is 2. The van der Waals surface area contributed by atoms with Crippen LogP contribution >= 0.6 is 0 Å². The Morgan fingerprint density at radius 3 is 1.91 bits per heavy atom. The number of ether oxygens (including phenoxy) is 3. The van der Waals surface area contributed by atoms with Gasteiger partial charge in [-0.25, -0.2) is 10.3 Å². The maximum absolute atomic E-state index is 12.4. The van der Waals surface area contributed by atoms with Crippen molar-refractivity contribution in [3.05, 3.63) is 65.7 Å². The van der Waals surface area contributed by atoms with Gasteiger partial charge in [0, 0.05) is 6.07 Å². The van der Waals surface area contributed by atoms with Gasteiger partial charge >= 0.3 is 5.97 Å². The van der Waals surface area contributed by atoms with Gasteiger partial charge < -0.3 is 29.3 Å². The smallest absolute Gasteiger partial charge is 0.363 e. The number of hydrogen-bond acceptors (Lipinski definition) is 10. The molecule has 0 aliphatic heterocycles. The van der Waals surface area contributed by atoms with Crippen molar-refractivity contribution < 1.29 is 38.9 Å². The topological polar surface area (TPSA) is 148 Å². The van der Waals surface area contributed by atoms with Gasteiger partial charge in [0.05, 0.1) is 43.8 Å². The molecule has 0 unspecified atom stereocenters. The number of carbonyl (C=O) groups excluding carboxylic acids is 2. The van der Waals surface area contributed by atoms with Crippen LogP contribution in [0.5, 0.6) is 28.7 Å². The molecule has 176 valence electrons. The highest BCUT2D eigenvalue weighted by Crippen LogP contribution is 2.38. The summed E-state index contributed by atoms with van der Waals surface area (Å²) in [5, 5.41) is 26.3. The van der Waals surface area contributed by atoms with Gasteiger partial charge in [0.2, 0.25) is 5.75 Å². The van der Waals surface area contributed by atoms with Crippen LogP contribution in [0.25, 0.3) is 0 Å². The Balaban J connectivity index is 1.63. The van der Waals surface area contributed by atoms with E-state index in [4.69, 9.17) is 19.0 Å². The van der Waals surface area contributed by atoms with Gasteiger partial charge in [-0.2, -0.15) is 0 Å². The Morgan fingerprint density at radius 2 is 1.38 bits per heavy atom. The minimum atomic E-state index is -0.743. The molecular weight excluding hydrogens is 446 g/mol. The minimum Gasteiger partial charge on any atom is -0.508 e. The lowest BCUT2D eigenvalue weighted by Crippen LogP contribution is -2.11. The second-order valence-corrected chi connectivity index (χ2v) is 6.70. The molecule has 0 saturated carbocycles. The predicted molar refractivity (Wildman–Crippen MR) is 120 cm³/mol. The fourth-order valence-electron chi connectivity index (χ4n) is 2.84. The lowest BCUT2D eigenvalue weighted by Gasteiger charge is -2.14. The molecule has 0 saturated heterocycles. The molecule has 0 aliphatic rings. The first kappa shape index (κ1) is 23.9. The van der Waals surface area contributed by atoms with Crippen molar-refractivity contribution in [3.8, 4) is 28.7 Å². The molecular formula is C23H21N3O8. The van der Waals surface area contributed by atoms with Crippen LogP contribution in [0.1, 0.15) is 20.7 Å². The van der Waals surface area contributed by atoms with Crippen LogP contribution in [0.2, 0.25) is 0 Å². The van der Waals surface area contributed by atoms with Crippen LogP contribution in [0.3, 0.4) is 0 Å². The van der Waals surface area contributed by atoms with Crippen LogP contribution < -0.4 is 19.7 Å². The van der Waals surface area contributed by atoms with Crippen molar-refractivity contribution in [1.29, 1.82) is 0 Å². The maximum Gasteiger partial charge on any atom is 0.363 e. The second-order valence-electron chi connectivity index (χ2n) is 6.70. The normalized spacial score (nSPS) is 10.6. The van der Waals surface area contributed by atoms with Gasteiger partial charge in [-0.15, -0.1) is 10.2 Å². The lowest BCUT2D eigenvalue weighted by molar-refractivity contribution is 0.0595. The summed E-state index contributed by atoms with van der Waals surface area (Å²) < 4.78 is 15.7. The number of anilines is 1. The Bertz CT molecular complexity index is 1180. The van der Waals surface area contributed by atoms with Gasteiger partial charge in [0.25, 0.3) is 5.91 Å². The zero-order chi connectivity index (χ0) is 24.7. The number of carbonyl (C=O) groups is 2. The highest BCUT2D eigenvalue weighted by molar-refractivity contribution is 5.95. The number of nitrogens with zero attached hydrogens (tertiary/aromatic N) is 2. The van der Waals surface area contributed by atoms with Crippen LogP contribution in [0.4, 0.5) is 11.4 Å². The molecule has 0 atom stereocenters. The third kappa shape index (κ3) is 5.71. The van der Waals surface area contributed by atoms with E-state index in [1.165, 1.54) is 45.6 Å². The SMILES string of the molecule is COc1cc(C(=O)ONc2ccc(N=NC(=O)c3cc(O)cc(O)c3)cc2)cc(OC)c1OC. The van der Waals surface area contributed by atoms with Crippen LogP contribution in [-0.2, 0) is 4.84 Å². The largest absolute Gasteiger partial charge is 0.508 e. The summed E-state index contributed by atoms with van der Waals surface area (Å²) in [6.07, 6.45) is 0. The average Bonchev–Trinajstić information content (AvgIpc) is 2.84. The molecule has 0 aromatic heterocycles. The number of benzene rings is 3. The number of amides is 1. The van der Waals surface area contributed by atoms with Crippen molar-refractivity contribution in [2.75, 3.05) is 26.8 Å². The summed E-state index contributed by atoms with van der Waals surface area (Å²) in [5.41, 5.74) is 3.46. The first-order valence-corrected chi connectivity index (χ1v) is 9.71. The molecule has 11 heteroatoms. The first-order chi connectivity index (χ1) is 16.3. The van der Waals surface area contributed by atoms with E-state index in [1.807, 2.05) is 0 Å². The minimum absolute atomic E-state index is 0.0155. The number of phenols is 2. The summed E-state index contributed by atoms with van der Waals surface area (Å²) in [4.78, 5) is 29.6. The number of hydrogen-bond donors (Lipinski definition) is 3. The summed E-state index contributed by atoms with van der Waals surface area (Å²) in [6.45, 7) is 0. The zero-order valence-electron chi connectivity index (χ0n) is 18.4. The van der Waals surface area contributed by atoms with Crippen molar-refractivity contribution in [2.45, 2.75) is 0 Å². The van der Waals surface area contributed by atoms with E-state index < -0.39 is 11.9 Å². The Labute approximate surface area is 194 Å². The highest BCUT2D eigenvalue weighted by atomic mass is 16.7. The second kappa shape index (κ2) is 10.7. The van der Waals surface area contributed by atoms with Gasteiger partial charge in [-0.1, -0.05) is 0 Å². The third-order valence-corrected chi connectivity index (χ3v) is 4.44. The number of rotatable bonds is 8. The Kier molecular flexibility index (Phi) is 7.49. The molecule has 0 radical (unpaired) electrons. The molecule has 34 heavy (non-hydrogen) atoms. The van der Waals surface area contributed by atoms with E-state index in [0.717, 1.165) is 18.2 Å². The fourth-order valence-corrected chi connectivity index (χ4v) is 2.84. The molecule has 3 N–H and O–H groups in total. The average molecular weight is 467 g/mol. The maximum atomic E-state index is 12.4. The van der Waals surface area contributed by atoms with Crippen LogP contribution in [-0.4, -0.2) is 43.4 Å². The molecule has 11 nitrogen and oxygen atoms in total. The van der Waals surface area contributed by atoms with E-state index in [9.17, 15) is 19.8 Å². The molecule has 0 heterocycles. The van der Waals surface area contributed by atoms with Gasteiger partial charge in [0.15, 0.2) is 11.5 Å². The molecule has 1 amide bonds. The zero-order valence-corrected chi connectivity index (χ0v) is 18.4. The van der Waals surface area contributed by atoms with E-state index in [-0.39, 0.29) is 22.6 Å². The molecule has 0 aliphatic carbocycles. The first-order valence-electron chi connectivity index (χ1n) is 9.71. The van der Waals surface area contributed by atoms with Crippen molar-refractivity contribution in [2.24, 2.45) is 10.2 Å². The van der Waals surface area contributed by atoms with E-state index in [2.05, 4.69) is 15.7 Å². The summed E-state index contributed by atoms with van der Waals surface area (Å²) in [7, 11) is 4.33. The molecule has 3 aromatic rings. The third-order valence-electron chi connectivity index (χ3n) is 4.44. The summed E-state index contributed by atoms with van der Waals surface area (Å²) in [5.74, 6) is -1.02. The van der Waals surface area contributed by atoms with Crippen molar-refractivity contribution in [3.63, 3.8) is 0 Å². The van der Waals surface area contributed by atoms with E-state index in [1.54, 1.807) is 12.1 Å². The van der Waals surface area contributed by atoms with Gasteiger partial charge in [-0.3, -0.25) is 4.79 Å². The number of azo groups is 1. The standard InChI is InChI=1S/C23H21N3O8/c1-31-19-10-14(11-20(32-2)21(19)33-3)23(30)34-26-16-6-4-15(5-7-16)24-25-22(29)13-8-17(27)12-18(28)9-13/h4-12,26-28H,1-3H3. The molecule has 0 spiro atoms. The number of nitrogens with one attached hydrogen (secondary N) is 1. The lowest BCUT2D eigenvalue weighted by atomic mass is 10.2. The van der Waals surface area contributed by atoms with Gasteiger partial charge in [-0.05, 0) is 48.5 Å². The quantitative estimate of drug-likeness (QED) is 0.327. The van der Waals surface area contributed by atoms with Crippen LogP contribution in [0, 0.1) is 0 Å². The molecule has 3 aromatic carbocycles. The summed E-state index contributed by atoms with van der Waals surface area (Å²) >= 11 is 0. The Morgan fingerprint density at radius 1 is 0.794 bits per heavy atom. The molecule has 0 bridgehead atoms. The highest BCUT2D eigenvalue weighted by Gasteiger charge is 2.18. The monoisotopic (exact) mass is 467 g/mol. The van der Waals surface area contributed by atoms with Crippen molar-refractivity contribution >= 4 is 23.3 Å². The van der Waals surface area contributed by atoms with Crippen LogP contribution in [0.15, 0.2) is 64.8 Å². The Hall–Kier alpha value is -4.80. The van der Waals surface area contributed by atoms with E-state index in [0.29, 0.717) is 28.6 Å². The molecule has 0 fully saturated rings. The van der Waals surface area contributed by atoms with Crippen molar-refractivity contribution in [1.82, 2.24) is 0 Å². The number of aromatic hydroxyl groups is 2. The van der Waals surface area contributed by atoms with E-state index >= 15 is 0 Å². The summed E-state index contributed by atoms with van der Waals surface area (Å²) in [6, 6.07) is 12.5. The number of methoxy groups -OCH3 is 3. The predicted octanol–water partition coefficient (Wildman–Crippen LogP) is 4.23.